The van der Waals surface area contributed by atoms with Crippen molar-refractivity contribution < 1.29 is 4.52 Å². The molecule has 16 heavy (non-hydrogen) atoms. The van der Waals surface area contributed by atoms with E-state index in [1.165, 1.54) is 0 Å². The minimum Gasteiger partial charge on any atom is -0.352 e. The standard InChI is InChI=1S/C11H10N4O/c1-6-2-9(6)10-14-11(16-15-10)7-3-8(4-12)13-5-7/h3,5-6,9,13H,2H2,1H3. The fourth-order valence-corrected chi connectivity index (χ4v) is 1.77. The molecule has 1 N–H and O–H groups in total. The Balaban J connectivity index is 1.89. The van der Waals surface area contributed by atoms with Crippen molar-refractivity contribution in [2.45, 2.75) is 19.3 Å². The number of aromatic nitrogens is 3. The van der Waals surface area contributed by atoms with Crippen LogP contribution in [0.15, 0.2) is 16.8 Å². The molecule has 2 atom stereocenters. The summed E-state index contributed by atoms with van der Waals surface area (Å²) in [6.07, 6.45) is 2.84. The van der Waals surface area contributed by atoms with Crippen LogP contribution in [0, 0.1) is 17.2 Å². The molecule has 3 rings (SSSR count). The zero-order valence-electron chi connectivity index (χ0n) is 8.77. The van der Waals surface area contributed by atoms with Crippen molar-refractivity contribution in [3.8, 4) is 17.5 Å². The zero-order valence-corrected chi connectivity index (χ0v) is 8.77. The molecule has 5 nitrogen and oxygen atoms in total. The number of aromatic amines is 1. The normalized spacial score (nSPS) is 23.0. The first-order valence-corrected chi connectivity index (χ1v) is 5.20. The quantitative estimate of drug-likeness (QED) is 0.829. The Bertz CT molecular complexity index is 563. The lowest BCUT2D eigenvalue weighted by Gasteiger charge is -1.84. The van der Waals surface area contributed by atoms with Crippen molar-refractivity contribution in [3.05, 3.63) is 23.8 Å². The summed E-state index contributed by atoms with van der Waals surface area (Å²) in [5.74, 6) is 2.37. The van der Waals surface area contributed by atoms with Gasteiger partial charge < -0.3 is 9.51 Å². The Kier molecular flexibility index (Phi) is 1.83. The van der Waals surface area contributed by atoms with Crippen LogP contribution >= 0.6 is 0 Å². The van der Waals surface area contributed by atoms with Crippen molar-refractivity contribution >= 4 is 0 Å². The summed E-state index contributed by atoms with van der Waals surface area (Å²) >= 11 is 0. The molecule has 2 aromatic rings. The molecule has 2 heterocycles. The molecular formula is C11H10N4O. The summed E-state index contributed by atoms with van der Waals surface area (Å²) in [5.41, 5.74) is 1.26. The maximum Gasteiger partial charge on any atom is 0.259 e. The van der Waals surface area contributed by atoms with Crippen LogP contribution in [0.5, 0.6) is 0 Å². The van der Waals surface area contributed by atoms with Crippen LogP contribution in [0.25, 0.3) is 11.5 Å². The van der Waals surface area contributed by atoms with Gasteiger partial charge in [0.2, 0.25) is 0 Å². The molecule has 0 aliphatic heterocycles. The van der Waals surface area contributed by atoms with E-state index >= 15 is 0 Å². The number of nitriles is 1. The molecule has 0 saturated heterocycles. The smallest absolute Gasteiger partial charge is 0.259 e. The van der Waals surface area contributed by atoms with E-state index in [1.54, 1.807) is 12.3 Å². The van der Waals surface area contributed by atoms with E-state index < -0.39 is 0 Å². The van der Waals surface area contributed by atoms with Gasteiger partial charge in [0.25, 0.3) is 5.89 Å². The second kappa shape index (κ2) is 3.20. The monoisotopic (exact) mass is 214 g/mol. The van der Waals surface area contributed by atoms with E-state index in [0.29, 0.717) is 23.4 Å². The summed E-state index contributed by atoms with van der Waals surface area (Å²) in [7, 11) is 0. The van der Waals surface area contributed by atoms with Crippen molar-refractivity contribution in [1.29, 1.82) is 5.26 Å². The van der Waals surface area contributed by atoms with E-state index in [4.69, 9.17) is 9.78 Å². The van der Waals surface area contributed by atoms with Crippen molar-refractivity contribution in [1.82, 2.24) is 15.1 Å². The topological polar surface area (TPSA) is 78.5 Å². The molecule has 80 valence electrons. The Labute approximate surface area is 92.1 Å². The number of nitrogens with one attached hydrogen (secondary N) is 1. The highest BCUT2D eigenvalue weighted by Crippen LogP contribution is 2.45. The SMILES string of the molecule is CC1CC1c1noc(-c2c[nH]c(C#N)c2)n1. The van der Waals surface area contributed by atoms with Crippen molar-refractivity contribution in [3.63, 3.8) is 0 Å². The molecule has 5 heteroatoms. The predicted octanol–water partition coefficient (Wildman–Crippen LogP) is 2.06. The first kappa shape index (κ1) is 9.16. The summed E-state index contributed by atoms with van der Waals surface area (Å²) in [6.45, 7) is 2.17. The molecule has 0 bridgehead atoms. The Morgan fingerprint density at radius 3 is 3.06 bits per heavy atom. The molecule has 0 radical (unpaired) electrons. The molecule has 1 fully saturated rings. The maximum atomic E-state index is 8.69. The van der Waals surface area contributed by atoms with E-state index in [1.807, 2.05) is 6.07 Å². The molecule has 1 saturated carbocycles. The highest BCUT2D eigenvalue weighted by Gasteiger charge is 2.38. The first-order valence-electron chi connectivity index (χ1n) is 5.20. The third-order valence-corrected chi connectivity index (χ3v) is 2.93. The van der Waals surface area contributed by atoms with Gasteiger partial charge in [-0.2, -0.15) is 10.2 Å². The van der Waals surface area contributed by atoms with Gasteiger partial charge >= 0.3 is 0 Å². The van der Waals surface area contributed by atoms with Crippen LogP contribution in [0.3, 0.4) is 0 Å². The van der Waals surface area contributed by atoms with E-state index in [0.717, 1.165) is 17.8 Å². The van der Waals surface area contributed by atoms with E-state index in [9.17, 15) is 0 Å². The number of hydrogen-bond donors (Lipinski definition) is 1. The molecule has 0 aromatic carbocycles. The molecule has 1 aliphatic carbocycles. The van der Waals surface area contributed by atoms with Crippen LogP contribution in [0.2, 0.25) is 0 Å². The molecule has 2 aromatic heterocycles. The minimum absolute atomic E-state index is 0.451. The van der Waals surface area contributed by atoms with E-state index in [-0.39, 0.29) is 0 Å². The highest BCUT2D eigenvalue weighted by molar-refractivity contribution is 5.54. The summed E-state index contributed by atoms with van der Waals surface area (Å²) in [5, 5.41) is 12.6. The second-order valence-corrected chi connectivity index (χ2v) is 4.19. The van der Waals surface area contributed by atoms with Gasteiger partial charge in [-0.25, -0.2) is 0 Å². The average molecular weight is 214 g/mol. The maximum absolute atomic E-state index is 8.69. The van der Waals surface area contributed by atoms with Gasteiger partial charge in [0, 0.05) is 12.1 Å². The summed E-state index contributed by atoms with van der Waals surface area (Å²) in [4.78, 5) is 7.16. The zero-order chi connectivity index (χ0) is 11.1. The largest absolute Gasteiger partial charge is 0.352 e. The lowest BCUT2D eigenvalue weighted by atomic mass is 10.3. The third kappa shape index (κ3) is 1.39. The molecule has 1 aliphatic rings. The third-order valence-electron chi connectivity index (χ3n) is 2.93. The fourth-order valence-electron chi connectivity index (χ4n) is 1.77. The van der Waals surface area contributed by atoms with Crippen LogP contribution in [0.4, 0.5) is 0 Å². The molecule has 0 amide bonds. The predicted molar refractivity (Wildman–Crippen MR) is 55.3 cm³/mol. The minimum atomic E-state index is 0.451. The number of H-pyrrole nitrogens is 1. The van der Waals surface area contributed by atoms with Crippen LogP contribution in [-0.2, 0) is 0 Å². The Morgan fingerprint density at radius 1 is 1.62 bits per heavy atom. The van der Waals surface area contributed by atoms with Crippen molar-refractivity contribution in [2.75, 3.05) is 0 Å². The van der Waals surface area contributed by atoms with Gasteiger partial charge in [0.15, 0.2) is 5.82 Å². The van der Waals surface area contributed by atoms with Crippen LogP contribution in [-0.4, -0.2) is 15.1 Å². The number of nitrogens with zero attached hydrogens (tertiary/aromatic N) is 3. The van der Waals surface area contributed by atoms with Gasteiger partial charge in [-0.3, -0.25) is 0 Å². The van der Waals surface area contributed by atoms with E-state index in [2.05, 4.69) is 22.0 Å². The molecular weight excluding hydrogens is 204 g/mol. The first-order chi connectivity index (χ1) is 7.78. The fraction of sp³-hybridized carbons (Fsp3) is 0.364. The molecule has 2 unspecified atom stereocenters. The van der Waals surface area contributed by atoms with Gasteiger partial charge in [-0.15, -0.1) is 0 Å². The summed E-state index contributed by atoms with van der Waals surface area (Å²) in [6, 6.07) is 3.72. The Morgan fingerprint density at radius 2 is 2.44 bits per heavy atom. The van der Waals surface area contributed by atoms with Gasteiger partial charge in [-0.1, -0.05) is 12.1 Å². The Hall–Kier alpha value is -2.09. The number of rotatable bonds is 2. The highest BCUT2D eigenvalue weighted by atomic mass is 16.5. The lowest BCUT2D eigenvalue weighted by Crippen LogP contribution is -1.83. The van der Waals surface area contributed by atoms with Crippen LogP contribution in [0.1, 0.15) is 30.8 Å². The van der Waals surface area contributed by atoms with Gasteiger partial charge in [0.05, 0.1) is 5.56 Å². The second-order valence-electron chi connectivity index (χ2n) is 4.19. The number of hydrogen-bond acceptors (Lipinski definition) is 4. The molecule has 0 spiro atoms. The van der Waals surface area contributed by atoms with Gasteiger partial charge in [0.1, 0.15) is 11.8 Å². The average Bonchev–Trinajstić information content (AvgIpc) is 2.80. The van der Waals surface area contributed by atoms with Crippen LogP contribution < -0.4 is 0 Å². The lowest BCUT2D eigenvalue weighted by molar-refractivity contribution is 0.422. The van der Waals surface area contributed by atoms with Gasteiger partial charge in [-0.05, 0) is 18.4 Å². The van der Waals surface area contributed by atoms with Crippen molar-refractivity contribution in [2.24, 2.45) is 5.92 Å². The summed E-state index contributed by atoms with van der Waals surface area (Å²) < 4.78 is 5.17.